The maximum absolute atomic E-state index is 12.1. The summed E-state index contributed by atoms with van der Waals surface area (Å²) in [6, 6.07) is 4.10. The fourth-order valence-electron chi connectivity index (χ4n) is 2.14. The summed E-state index contributed by atoms with van der Waals surface area (Å²) in [6.45, 7) is 9.86. The number of benzene rings is 1. The van der Waals surface area contributed by atoms with Gasteiger partial charge in [-0.2, -0.15) is 0 Å². The minimum Gasteiger partial charge on any atom is -0.492 e. The Labute approximate surface area is 128 Å². The number of rotatable bonds is 6. The molecule has 0 heterocycles. The van der Waals surface area contributed by atoms with Crippen molar-refractivity contribution in [2.75, 3.05) is 18.9 Å². The van der Waals surface area contributed by atoms with Gasteiger partial charge in [0.25, 0.3) is 0 Å². The van der Waals surface area contributed by atoms with Crippen molar-refractivity contribution in [2.24, 2.45) is 5.73 Å². The summed E-state index contributed by atoms with van der Waals surface area (Å²) >= 11 is 0. The maximum atomic E-state index is 12.1. The van der Waals surface area contributed by atoms with E-state index in [1.54, 1.807) is 20.8 Å². The molecule has 4 nitrogen and oxygen atoms in total. The molecule has 0 aromatic heterocycles. The van der Waals surface area contributed by atoms with Crippen LogP contribution in [0.3, 0.4) is 0 Å². The lowest BCUT2D eigenvalue weighted by Crippen LogP contribution is -2.32. The zero-order valence-corrected chi connectivity index (χ0v) is 14.5. The van der Waals surface area contributed by atoms with Gasteiger partial charge in [0.05, 0.1) is 10.5 Å². The molecule has 0 fully saturated rings. The van der Waals surface area contributed by atoms with Crippen LogP contribution in [0, 0.1) is 13.8 Å². The van der Waals surface area contributed by atoms with Gasteiger partial charge in [-0.1, -0.05) is 12.1 Å². The molecule has 120 valence electrons. The Morgan fingerprint density at radius 2 is 1.67 bits per heavy atom. The van der Waals surface area contributed by atoms with E-state index in [9.17, 15) is 8.42 Å². The molecule has 0 saturated heterocycles. The van der Waals surface area contributed by atoms with Crippen molar-refractivity contribution in [3.05, 3.63) is 28.8 Å². The smallest absolute Gasteiger partial charge is 0.158 e. The largest absolute Gasteiger partial charge is 0.492 e. The zero-order valence-electron chi connectivity index (χ0n) is 13.7. The third kappa shape index (κ3) is 4.71. The van der Waals surface area contributed by atoms with E-state index in [0.717, 1.165) is 23.3 Å². The Balaban J connectivity index is 2.77. The molecule has 5 heteroatoms. The third-order valence-corrected chi connectivity index (χ3v) is 6.05. The lowest BCUT2D eigenvalue weighted by Gasteiger charge is -2.20. The van der Waals surface area contributed by atoms with Crippen molar-refractivity contribution in [3.8, 4) is 5.75 Å². The summed E-state index contributed by atoms with van der Waals surface area (Å²) in [5.41, 5.74) is 8.79. The van der Waals surface area contributed by atoms with Gasteiger partial charge in [-0.15, -0.1) is 0 Å². The van der Waals surface area contributed by atoms with Gasteiger partial charge >= 0.3 is 0 Å². The van der Waals surface area contributed by atoms with Crippen molar-refractivity contribution in [2.45, 2.75) is 45.8 Å². The molecule has 1 aromatic carbocycles. The average molecular weight is 313 g/mol. The van der Waals surface area contributed by atoms with E-state index < -0.39 is 14.6 Å². The van der Waals surface area contributed by atoms with E-state index >= 15 is 0 Å². The van der Waals surface area contributed by atoms with Crippen molar-refractivity contribution in [1.82, 2.24) is 0 Å². The van der Waals surface area contributed by atoms with Crippen LogP contribution < -0.4 is 10.5 Å². The van der Waals surface area contributed by atoms with Gasteiger partial charge in [0.1, 0.15) is 12.4 Å². The van der Waals surface area contributed by atoms with Gasteiger partial charge in [-0.05, 0) is 64.3 Å². The maximum Gasteiger partial charge on any atom is 0.158 e. The number of hydrogen-bond acceptors (Lipinski definition) is 4. The highest BCUT2D eigenvalue weighted by Crippen LogP contribution is 2.25. The first kappa shape index (κ1) is 18.0. The van der Waals surface area contributed by atoms with Gasteiger partial charge < -0.3 is 10.5 Å². The molecular formula is C16H27NO3S. The normalized spacial score (nSPS) is 12.5. The second-order valence-electron chi connectivity index (χ2n) is 6.38. The van der Waals surface area contributed by atoms with Gasteiger partial charge in [0.2, 0.25) is 0 Å². The molecular weight excluding hydrogens is 286 g/mol. The van der Waals surface area contributed by atoms with E-state index in [2.05, 4.69) is 0 Å². The quantitative estimate of drug-likeness (QED) is 0.875. The van der Waals surface area contributed by atoms with Crippen LogP contribution in [0.5, 0.6) is 5.75 Å². The third-order valence-electron chi connectivity index (χ3n) is 3.48. The second kappa shape index (κ2) is 6.79. The summed E-state index contributed by atoms with van der Waals surface area (Å²) in [4.78, 5) is 0. The van der Waals surface area contributed by atoms with Crippen molar-refractivity contribution in [3.63, 3.8) is 0 Å². The Hall–Kier alpha value is -1.07. The van der Waals surface area contributed by atoms with Crippen LogP contribution in [0.2, 0.25) is 0 Å². The first-order chi connectivity index (χ1) is 9.58. The molecule has 0 unspecified atom stereocenters. The summed E-state index contributed by atoms with van der Waals surface area (Å²) in [5, 5.41) is 0. The number of ether oxygens (including phenoxy) is 1. The monoisotopic (exact) mass is 313 g/mol. The van der Waals surface area contributed by atoms with Crippen LogP contribution in [0.1, 0.15) is 37.5 Å². The van der Waals surface area contributed by atoms with Crippen molar-refractivity contribution in [1.29, 1.82) is 0 Å². The molecule has 0 aliphatic carbocycles. The highest BCUT2D eigenvalue weighted by atomic mass is 32.2. The highest BCUT2D eigenvalue weighted by Gasteiger charge is 2.28. The SMILES string of the molecule is Cc1cc(CCN)cc(C)c1OCCS(=O)(=O)C(C)(C)C. The molecule has 0 amide bonds. The Kier molecular flexibility index (Phi) is 5.82. The van der Waals surface area contributed by atoms with E-state index in [1.807, 2.05) is 26.0 Å². The molecule has 0 saturated carbocycles. The van der Waals surface area contributed by atoms with Crippen LogP contribution in [-0.4, -0.2) is 32.1 Å². The summed E-state index contributed by atoms with van der Waals surface area (Å²) in [5.74, 6) is 0.805. The van der Waals surface area contributed by atoms with E-state index in [4.69, 9.17) is 10.5 Å². The Bertz CT molecular complexity index is 563. The summed E-state index contributed by atoms with van der Waals surface area (Å²) in [7, 11) is -3.15. The van der Waals surface area contributed by atoms with Crippen molar-refractivity contribution >= 4 is 9.84 Å². The average Bonchev–Trinajstić information content (AvgIpc) is 2.31. The number of aryl methyl sites for hydroxylation is 2. The number of hydrogen-bond donors (Lipinski definition) is 1. The molecule has 0 bridgehead atoms. The fourth-order valence-corrected chi connectivity index (χ4v) is 3.05. The fraction of sp³-hybridized carbons (Fsp3) is 0.625. The molecule has 2 N–H and O–H groups in total. The molecule has 0 radical (unpaired) electrons. The molecule has 0 aliphatic rings. The minimum atomic E-state index is -3.15. The molecule has 21 heavy (non-hydrogen) atoms. The topological polar surface area (TPSA) is 69.4 Å². The summed E-state index contributed by atoms with van der Waals surface area (Å²) in [6.07, 6.45) is 0.834. The zero-order chi connectivity index (χ0) is 16.3. The van der Waals surface area contributed by atoms with E-state index in [0.29, 0.717) is 6.54 Å². The second-order valence-corrected chi connectivity index (χ2v) is 9.24. The first-order valence-electron chi connectivity index (χ1n) is 7.24. The van der Waals surface area contributed by atoms with Gasteiger partial charge in [0.15, 0.2) is 9.84 Å². The van der Waals surface area contributed by atoms with Crippen molar-refractivity contribution < 1.29 is 13.2 Å². The first-order valence-corrected chi connectivity index (χ1v) is 8.89. The van der Waals surface area contributed by atoms with E-state index in [-0.39, 0.29) is 12.4 Å². The van der Waals surface area contributed by atoms with Gasteiger partial charge in [-0.25, -0.2) is 8.42 Å². The summed E-state index contributed by atoms with van der Waals surface area (Å²) < 4.78 is 29.1. The standard InChI is InChI=1S/C16H27NO3S/c1-12-10-14(6-7-17)11-13(2)15(12)20-8-9-21(18,19)16(3,4)5/h10-11H,6-9,17H2,1-5H3. The molecule has 0 aliphatic heterocycles. The Morgan fingerprint density at radius 1 is 1.14 bits per heavy atom. The van der Waals surface area contributed by atoms with Crippen LogP contribution >= 0.6 is 0 Å². The predicted molar refractivity (Wildman–Crippen MR) is 87.7 cm³/mol. The van der Waals surface area contributed by atoms with Crippen LogP contribution in [0.4, 0.5) is 0 Å². The lowest BCUT2D eigenvalue weighted by atomic mass is 10.0. The van der Waals surface area contributed by atoms with Crippen LogP contribution in [0.15, 0.2) is 12.1 Å². The van der Waals surface area contributed by atoms with Gasteiger partial charge in [0, 0.05) is 0 Å². The molecule has 1 aromatic rings. The predicted octanol–water partition coefficient (Wildman–Crippen LogP) is 2.40. The molecule has 0 spiro atoms. The van der Waals surface area contributed by atoms with Gasteiger partial charge in [-0.3, -0.25) is 0 Å². The number of nitrogens with two attached hydrogens (primary N) is 1. The highest BCUT2D eigenvalue weighted by molar-refractivity contribution is 7.92. The molecule has 0 atom stereocenters. The van der Waals surface area contributed by atoms with E-state index in [1.165, 1.54) is 5.56 Å². The lowest BCUT2D eigenvalue weighted by molar-refractivity contribution is 0.335. The molecule has 1 rings (SSSR count). The van der Waals surface area contributed by atoms with Crippen LogP contribution in [-0.2, 0) is 16.3 Å². The minimum absolute atomic E-state index is 0.0277. The number of sulfone groups is 1. The van der Waals surface area contributed by atoms with Crippen LogP contribution in [0.25, 0.3) is 0 Å². The Morgan fingerprint density at radius 3 is 2.10 bits per heavy atom.